The van der Waals surface area contributed by atoms with Crippen LogP contribution in [-0.4, -0.2) is 15.7 Å². The lowest BCUT2D eigenvalue weighted by Gasteiger charge is -2.08. The number of halogens is 3. The van der Waals surface area contributed by atoms with Gasteiger partial charge in [0.15, 0.2) is 25.7 Å². The van der Waals surface area contributed by atoms with Crippen molar-refractivity contribution < 1.29 is 18.0 Å². The second-order valence-corrected chi connectivity index (χ2v) is 9.39. The van der Waals surface area contributed by atoms with E-state index in [1.807, 2.05) is 30.3 Å². The molecule has 1 aromatic heterocycles. The lowest BCUT2D eigenvalue weighted by Crippen LogP contribution is -2.14. The lowest BCUT2D eigenvalue weighted by atomic mass is 10.2. The maximum atomic E-state index is 13.8. The van der Waals surface area contributed by atoms with Crippen molar-refractivity contribution in [1.29, 1.82) is 0 Å². The van der Waals surface area contributed by atoms with Crippen LogP contribution in [0.4, 0.5) is 18.9 Å². The summed E-state index contributed by atoms with van der Waals surface area (Å²) in [6.45, 7) is 0. The van der Waals surface area contributed by atoms with Gasteiger partial charge in [0.05, 0.1) is 11.4 Å². The molecule has 0 radical (unpaired) electrons. The number of carbonyl (C=O) groups is 1. The number of amides is 1. The minimum atomic E-state index is -1.64. The molecule has 1 heterocycles. The lowest BCUT2D eigenvalue weighted by molar-refractivity contribution is 0.102. The van der Waals surface area contributed by atoms with Crippen LogP contribution >= 0.6 is 35.3 Å². The Kier molecular flexibility index (Phi) is 6.73. The normalized spacial score (nSPS) is 10.8. The molecule has 10 heteroatoms. The summed E-state index contributed by atoms with van der Waals surface area (Å²) < 4.78 is 43.2. The molecule has 162 valence electrons. The van der Waals surface area contributed by atoms with Crippen molar-refractivity contribution in [2.45, 2.75) is 10.1 Å². The van der Waals surface area contributed by atoms with Crippen molar-refractivity contribution in [3.63, 3.8) is 0 Å². The summed E-state index contributed by atoms with van der Waals surface area (Å²) in [6, 6.07) is 18.0. The number of thioether (sulfide) groups is 1. The number of nitrogens with one attached hydrogen (secondary N) is 1. The summed E-state index contributed by atoms with van der Waals surface area (Å²) in [5, 5.41) is 6.77. The molecule has 1 N–H and O–H groups in total. The predicted octanol–water partition coefficient (Wildman–Crippen LogP) is 6.63. The van der Waals surface area contributed by atoms with E-state index in [4.69, 9.17) is 12.2 Å². The molecule has 0 spiro atoms. The first-order valence-electron chi connectivity index (χ1n) is 9.24. The standard InChI is InChI=1S/C22H14F3N3OS3/c23-16-10-11-17(19(25)18(16)24)26-20(29)14-6-8-15(9-7-14)28-22(30)32-21(27-28)31-12-13-4-2-1-3-5-13/h1-11H,12H2,(H,26,29). The van der Waals surface area contributed by atoms with Crippen molar-refractivity contribution >= 4 is 46.9 Å². The van der Waals surface area contributed by atoms with E-state index in [1.54, 1.807) is 28.6 Å². The molecule has 0 aliphatic heterocycles. The summed E-state index contributed by atoms with van der Waals surface area (Å²) in [5.41, 5.74) is 1.60. The topological polar surface area (TPSA) is 46.9 Å². The monoisotopic (exact) mass is 489 g/mol. The first kappa shape index (κ1) is 22.3. The summed E-state index contributed by atoms with van der Waals surface area (Å²) in [4.78, 5) is 12.4. The average Bonchev–Trinajstić information content (AvgIpc) is 3.19. The van der Waals surface area contributed by atoms with Gasteiger partial charge in [-0.3, -0.25) is 4.79 Å². The molecule has 0 aliphatic rings. The summed E-state index contributed by atoms with van der Waals surface area (Å²) in [7, 11) is 0. The highest BCUT2D eigenvalue weighted by molar-refractivity contribution is 8.00. The van der Waals surface area contributed by atoms with Gasteiger partial charge >= 0.3 is 0 Å². The largest absolute Gasteiger partial charge is 0.319 e. The third-order valence-corrected chi connectivity index (χ3v) is 6.83. The van der Waals surface area contributed by atoms with Gasteiger partial charge in [-0.1, -0.05) is 53.4 Å². The van der Waals surface area contributed by atoms with Crippen LogP contribution in [0.15, 0.2) is 71.1 Å². The van der Waals surface area contributed by atoms with Gasteiger partial charge in [0.2, 0.25) is 0 Å². The van der Waals surface area contributed by atoms with E-state index in [0.717, 1.165) is 22.2 Å². The van der Waals surface area contributed by atoms with Gasteiger partial charge in [0.25, 0.3) is 5.91 Å². The Morgan fingerprint density at radius 1 is 1.00 bits per heavy atom. The Bertz CT molecular complexity index is 1320. The van der Waals surface area contributed by atoms with Crippen LogP contribution in [0, 0.1) is 21.4 Å². The highest BCUT2D eigenvalue weighted by Gasteiger charge is 2.16. The minimum absolute atomic E-state index is 0.207. The quantitative estimate of drug-likeness (QED) is 0.188. The van der Waals surface area contributed by atoms with Crippen molar-refractivity contribution in [3.8, 4) is 5.69 Å². The van der Waals surface area contributed by atoms with E-state index in [-0.39, 0.29) is 5.56 Å². The van der Waals surface area contributed by atoms with Crippen molar-refractivity contribution in [3.05, 3.63) is 99.3 Å². The summed E-state index contributed by atoms with van der Waals surface area (Å²) in [6.07, 6.45) is 0. The molecule has 1 amide bonds. The molecule has 3 aromatic carbocycles. The molecule has 0 bridgehead atoms. The van der Waals surface area contributed by atoms with Crippen LogP contribution < -0.4 is 5.32 Å². The molecule has 0 aliphatic carbocycles. The number of benzene rings is 3. The molecule has 32 heavy (non-hydrogen) atoms. The number of carbonyl (C=O) groups excluding carboxylic acids is 1. The number of rotatable bonds is 6. The fourth-order valence-corrected chi connectivity index (χ4v) is 5.09. The first-order valence-corrected chi connectivity index (χ1v) is 11.5. The molecule has 4 aromatic rings. The number of nitrogens with zero attached hydrogens (tertiary/aromatic N) is 2. The van der Waals surface area contributed by atoms with E-state index in [0.29, 0.717) is 9.64 Å². The van der Waals surface area contributed by atoms with Gasteiger partial charge in [-0.15, -0.1) is 5.10 Å². The van der Waals surface area contributed by atoms with Gasteiger partial charge in [0, 0.05) is 11.3 Å². The third kappa shape index (κ3) is 4.93. The van der Waals surface area contributed by atoms with Crippen LogP contribution in [0.25, 0.3) is 5.69 Å². The molecular weight excluding hydrogens is 475 g/mol. The smallest absolute Gasteiger partial charge is 0.255 e. The zero-order chi connectivity index (χ0) is 22.7. The Morgan fingerprint density at radius 2 is 1.72 bits per heavy atom. The second-order valence-electron chi connectivity index (χ2n) is 6.54. The molecular formula is C22H14F3N3OS3. The van der Waals surface area contributed by atoms with Crippen molar-refractivity contribution in [2.75, 3.05) is 5.32 Å². The fourth-order valence-electron chi connectivity index (χ4n) is 2.77. The van der Waals surface area contributed by atoms with Crippen LogP contribution in [0.2, 0.25) is 0 Å². The van der Waals surface area contributed by atoms with Crippen molar-refractivity contribution in [1.82, 2.24) is 9.78 Å². The second kappa shape index (κ2) is 9.68. The number of hydrogen-bond donors (Lipinski definition) is 1. The average molecular weight is 490 g/mol. The zero-order valence-electron chi connectivity index (χ0n) is 16.2. The summed E-state index contributed by atoms with van der Waals surface area (Å²) >= 11 is 8.38. The van der Waals surface area contributed by atoms with E-state index in [2.05, 4.69) is 10.4 Å². The van der Waals surface area contributed by atoms with E-state index >= 15 is 0 Å². The molecule has 4 rings (SSSR count). The minimum Gasteiger partial charge on any atom is -0.319 e. The molecule has 0 saturated carbocycles. The van der Waals surface area contributed by atoms with E-state index in [9.17, 15) is 18.0 Å². The van der Waals surface area contributed by atoms with Crippen LogP contribution in [-0.2, 0) is 5.75 Å². The fraction of sp³-hybridized carbons (Fsp3) is 0.0455. The molecule has 0 fully saturated rings. The van der Waals surface area contributed by atoms with Crippen LogP contribution in [0.5, 0.6) is 0 Å². The highest BCUT2D eigenvalue weighted by atomic mass is 32.2. The van der Waals surface area contributed by atoms with Gasteiger partial charge in [-0.2, -0.15) is 0 Å². The maximum Gasteiger partial charge on any atom is 0.255 e. The molecule has 0 atom stereocenters. The predicted molar refractivity (Wildman–Crippen MR) is 123 cm³/mol. The molecule has 4 nitrogen and oxygen atoms in total. The SMILES string of the molecule is O=C(Nc1ccc(F)c(F)c1F)c1ccc(-n2nc(SCc3ccccc3)sc2=S)cc1. The van der Waals surface area contributed by atoms with Gasteiger partial charge in [-0.25, -0.2) is 17.9 Å². The van der Waals surface area contributed by atoms with Gasteiger partial charge in [0.1, 0.15) is 0 Å². The van der Waals surface area contributed by atoms with Crippen LogP contribution in [0.3, 0.4) is 0 Å². The van der Waals surface area contributed by atoms with E-state index < -0.39 is 29.0 Å². The molecule has 0 saturated heterocycles. The number of aromatic nitrogens is 2. The number of anilines is 1. The molecule has 0 unspecified atom stereocenters. The van der Waals surface area contributed by atoms with E-state index in [1.165, 1.54) is 29.0 Å². The highest BCUT2D eigenvalue weighted by Crippen LogP contribution is 2.27. The Balaban J connectivity index is 1.47. The Labute approximate surface area is 194 Å². The zero-order valence-corrected chi connectivity index (χ0v) is 18.7. The van der Waals surface area contributed by atoms with Crippen LogP contribution in [0.1, 0.15) is 15.9 Å². The summed E-state index contributed by atoms with van der Waals surface area (Å²) in [5.74, 6) is -4.32. The Morgan fingerprint density at radius 3 is 2.44 bits per heavy atom. The number of hydrogen-bond acceptors (Lipinski definition) is 5. The first-order chi connectivity index (χ1) is 15.4. The Hall–Kier alpha value is -2.95. The third-order valence-electron chi connectivity index (χ3n) is 4.39. The maximum absolute atomic E-state index is 13.8. The van der Waals surface area contributed by atoms with Crippen molar-refractivity contribution in [2.24, 2.45) is 0 Å². The van der Waals surface area contributed by atoms with Gasteiger partial charge < -0.3 is 5.32 Å². The van der Waals surface area contributed by atoms with Gasteiger partial charge in [-0.05, 0) is 54.2 Å².